The SMILES string of the molecule is Nc1ccc(-c2ccc(F)c(F)c2)cn1. The van der Waals surface area contributed by atoms with Crippen LogP contribution >= 0.6 is 0 Å². The van der Waals surface area contributed by atoms with E-state index in [1.807, 2.05) is 0 Å². The number of nitrogens with zero attached hydrogens (tertiary/aromatic N) is 1. The lowest BCUT2D eigenvalue weighted by atomic mass is 10.1. The summed E-state index contributed by atoms with van der Waals surface area (Å²) in [5, 5.41) is 0. The first-order valence-electron chi connectivity index (χ1n) is 4.34. The van der Waals surface area contributed by atoms with E-state index in [9.17, 15) is 8.78 Å². The molecule has 0 spiro atoms. The minimum Gasteiger partial charge on any atom is -0.384 e. The van der Waals surface area contributed by atoms with Crippen molar-refractivity contribution in [3.8, 4) is 11.1 Å². The molecule has 4 heteroatoms. The molecule has 0 aliphatic rings. The molecule has 0 saturated carbocycles. The highest BCUT2D eigenvalue weighted by molar-refractivity contribution is 5.63. The first-order chi connectivity index (χ1) is 7.16. The molecule has 76 valence electrons. The van der Waals surface area contributed by atoms with Gasteiger partial charge < -0.3 is 5.73 Å². The maximum atomic E-state index is 12.9. The highest BCUT2D eigenvalue weighted by atomic mass is 19.2. The minimum absolute atomic E-state index is 0.390. The predicted molar refractivity (Wildman–Crippen MR) is 54.0 cm³/mol. The van der Waals surface area contributed by atoms with E-state index in [2.05, 4.69) is 4.98 Å². The first-order valence-corrected chi connectivity index (χ1v) is 4.34. The molecule has 2 aromatic rings. The Hall–Kier alpha value is -1.97. The number of aromatic nitrogens is 1. The lowest BCUT2D eigenvalue weighted by molar-refractivity contribution is 0.509. The molecule has 1 aromatic heterocycles. The molecule has 1 aromatic carbocycles. The molecular weight excluding hydrogens is 198 g/mol. The number of benzene rings is 1. The normalized spacial score (nSPS) is 10.3. The van der Waals surface area contributed by atoms with Crippen LogP contribution < -0.4 is 5.73 Å². The van der Waals surface area contributed by atoms with Gasteiger partial charge in [-0.3, -0.25) is 0 Å². The fraction of sp³-hybridized carbons (Fsp3) is 0. The van der Waals surface area contributed by atoms with Crippen molar-refractivity contribution in [2.45, 2.75) is 0 Å². The molecule has 2 nitrogen and oxygen atoms in total. The molecule has 0 bridgehead atoms. The van der Waals surface area contributed by atoms with Crippen LogP contribution in [0, 0.1) is 11.6 Å². The maximum Gasteiger partial charge on any atom is 0.159 e. The zero-order valence-corrected chi connectivity index (χ0v) is 7.74. The third kappa shape index (κ3) is 1.93. The minimum atomic E-state index is -0.871. The topological polar surface area (TPSA) is 38.9 Å². The van der Waals surface area contributed by atoms with Gasteiger partial charge in [-0.2, -0.15) is 0 Å². The van der Waals surface area contributed by atoms with Gasteiger partial charge in [0.2, 0.25) is 0 Å². The second-order valence-corrected chi connectivity index (χ2v) is 3.10. The lowest BCUT2D eigenvalue weighted by Gasteiger charge is -2.02. The van der Waals surface area contributed by atoms with E-state index in [0.717, 1.165) is 12.1 Å². The van der Waals surface area contributed by atoms with E-state index < -0.39 is 11.6 Å². The number of nitrogen functional groups attached to an aromatic ring is 1. The Morgan fingerprint density at radius 1 is 0.933 bits per heavy atom. The molecule has 2 N–H and O–H groups in total. The number of pyridine rings is 1. The molecule has 0 aliphatic heterocycles. The van der Waals surface area contributed by atoms with Crippen molar-refractivity contribution in [2.75, 3.05) is 5.73 Å². The van der Waals surface area contributed by atoms with Crippen LogP contribution in [0.15, 0.2) is 36.5 Å². The molecule has 0 unspecified atom stereocenters. The Labute approximate surface area is 85.4 Å². The van der Waals surface area contributed by atoms with Gasteiger partial charge in [-0.15, -0.1) is 0 Å². The fourth-order valence-electron chi connectivity index (χ4n) is 1.25. The maximum absolute atomic E-state index is 12.9. The Morgan fingerprint density at radius 3 is 2.27 bits per heavy atom. The Bertz CT molecular complexity index is 480. The van der Waals surface area contributed by atoms with Gasteiger partial charge >= 0.3 is 0 Å². The van der Waals surface area contributed by atoms with Crippen LogP contribution in [0.1, 0.15) is 0 Å². The number of hydrogen-bond acceptors (Lipinski definition) is 2. The van der Waals surface area contributed by atoms with Gasteiger partial charge in [0.25, 0.3) is 0 Å². The molecular formula is C11H8F2N2. The monoisotopic (exact) mass is 206 g/mol. The summed E-state index contributed by atoms with van der Waals surface area (Å²) in [5.74, 6) is -1.34. The summed E-state index contributed by atoms with van der Waals surface area (Å²) in [7, 11) is 0. The summed E-state index contributed by atoms with van der Waals surface area (Å²) in [6.07, 6.45) is 1.52. The highest BCUT2D eigenvalue weighted by Crippen LogP contribution is 2.21. The highest BCUT2D eigenvalue weighted by Gasteiger charge is 2.04. The molecule has 0 amide bonds. The van der Waals surface area contributed by atoms with Crippen molar-refractivity contribution in [2.24, 2.45) is 0 Å². The van der Waals surface area contributed by atoms with Gasteiger partial charge in [-0.1, -0.05) is 6.07 Å². The first kappa shape index (κ1) is 9.58. The largest absolute Gasteiger partial charge is 0.384 e. The quantitative estimate of drug-likeness (QED) is 0.778. The number of rotatable bonds is 1. The van der Waals surface area contributed by atoms with Gasteiger partial charge in [-0.05, 0) is 29.8 Å². The Balaban J connectivity index is 2.45. The fourth-order valence-corrected chi connectivity index (χ4v) is 1.25. The second kappa shape index (κ2) is 3.65. The van der Waals surface area contributed by atoms with Crippen LogP contribution in [0.4, 0.5) is 14.6 Å². The van der Waals surface area contributed by atoms with Gasteiger partial charge in [0.1, 0.15) is 5.82 Å². The van der Waals surface area contributed by atoms with Gasteiger partial charge in [0, 0.05) is 11.8 Å². The van der Waals surface area contributed by atoms with E-state index in [4.69, 9.17) is 5.73 Å². The van der Waals surface area contributed by atoms with Crippen LogP contribution in [0.2, 0.25) is 0 Å². The molecule has 0 saturated heterocycles. The lowest BCUT2D eigenvalue weighted by Crippen LogP contribution is -1.90. The van der Waals surface area contributed by atoms with E-state index >= 15 is 0 Å². The van der Waals surface area contributed by atoms with Crippen LogP contribution in [0.5, 0.6) is 0 Å². The van der Waals surface area contributed by atoms with Crippen molar-refractivity contribution >= 4 is 5.82 Å². The Kier molecular flexibility index (Phi) is 2.33. The smallest absolute Gasteiger partial charge is 0.159 e. The third-order valence-corrected chi connectivity index (χ3v) is 2.04. The van der Waals surface area contributed by atoms with Crippen molar-refractivity contribution in [3.63, 3.8) is 0 Å². The second-order valence-electron chi connectivity index (χ2n) is 3.10. The van der Waals surface area contributed by atoms with E-state index in [1.54, 1.807) is 12.1 Å². The molecule has 0 atom stereocenters. The van der Waals surface area contributed by atoms with Gasteiger partial charge in [0.15, 0.2) is 11.6 Å². The van der Waals surface area contributed by atoms with Crippen molar-refractivity contribution in [3.05, 3.63) is 48.2 Å². The molecule has 15 heavy (non-hydrogen) atoms. The zero-order chi connectivity index (χ0) is 10.8. The van der Waals surface area contributed by atoms with Crippen LogP contribution in [-0.4, -0.2) is 4.98 Å². The molecule has 2 rings (SSSR count). The average molecular weight is 206 g/mol. The van der Waals surface area contributed by atoms with Crippen LogP contribution in [0.25, 0.3) is 11.1 Å². The predicted octanol–water partition coefficient (Wildman–Crippen LogP) is 2.61. The summed E-state index contributed by atoms with van der Waals surface area (Å²) in [6, 6.07) is 7.01. The van der Waals surface area contributed by atoms with Gasteiger partial charge in [-0.25, -0.2) is 13.8 Å². The molecule has 0 aliphatic carbocycles. The van der Waals surface area contributed by atoms with E-state index in [0.29, 0.717) is 16.9 Å². The summed E-state index contributed by atoms with van der Waals surface area (Å²) in [5.41, 5.74) is 6.68. The number of hydrogen-bond donors (Lipinski definition) is 1. The molecule has 0 fully saturated rings. The van der Waals surface area contributed by atoms with Crippen LogP contribution in [0.3, 0.4) is 0 Å². The van der Waals surface area contributed by atoms with E-state index in [1.165, 1.54) is 12.3 Å². The van der Waals surface area contributed by atoms with Crippen LogP contribution in [-0.2, 0) is 0 Å². The zero-order valence-electron chi connectivity index (χ0n) is 7.74. The van der Waals surface area contributed by atoms with Crippen molar-refractivity contribution < 1.29 is 8.78 Å². The summed E-state index contributed by atoms with van der Waals surface area (Å²) in [6.45, 7) is 0. The summed E-state index contributed by atoms with van der Waals surface area (Å²) < 4.78 is 25.6. The number of halogens is 2. The number of anilines is 1. The third-order valence-electron chi connectivity index (χ3n) is 2.04. The summed E-state index contributed by atoms with van der Waals surface area (Å²) in [4.78, 5) is 3.87. The van der Waals surface area contributed by atoms with Crippen molar-refractivity contribution in [1.29, 1.82) is 0 Å². The Morgan fingerprint density at radius 2 is 1.67 bits per heavy atom. The van der Waals surface area contributed by atoms with Gasteiger partial charge in [0.05, 0.1) is 0 Å². The summed E-state index contributed by atoms with van der Waals surface area (Å²) >= 11 is 0. The molecule has 1 heterocycles. The number of nitrogens with two attached hydrogens (primary N) is 1. The standard InChI is InChI=1S/C11H8F2N2/c12-9-3-1-7(5-10(9)13)8-2-4-11(14)15-6-8/h1-6H,(H2,14,15). The van der Waals surface area contributed by atoms with E-state index in [-0.39, 0.29) is 0 Å². The van der Waals surface area contributed by atoms with Crippen molar-refractivity contribution in [1.82, 2.24) is 4.98 Å². The average Bonchev–Trinajstić information content (AvgIpc) is 2.23. The molecule has 0 radical (unpaired) electrons.